The van der Waals surface area contributed by atoms with Crippen molar-refractivity contribution in [2.24, 2.45) is 0 Å². The Morgan fingerprint density at radius 3 is 3.00 bits per heavy atom. The van der Waals surface area contributed by atoms with Crippen molar-refractivity contribution in [1.29, 1.82) is 0 Å². The highest BCUT2D eigenvalue weighted by atomic mass is 79.9. The smallest absolute Gasteiger partial charge is 0.179 e. The Morgan fingerprint density at radius 1 is 1.42 bits per heavy atom. The van der Waals surface area contributed by atoms with E-state index in [9.17, 15) is 4.79 Å². The number of carbonyl (C=O) groups is 1. The molecule has 0 amide bonds. The maximum Gasteiger partial charge on any atom is 0.179 e. The van der Waals surface area contributed by atoms with Gasteiger partial charge in [0.2, 0.25) is 0 Å². The molecule has 1 aliphatic heterocycles. The van der Waals surface area contributed by atoms with Crippen LogP contribution in [0.5, 0.6) is 5.75 Å². The summed E-state index contributed by atoms with van der Waals surface area (Å²) in [5.41, 5.74) is 2.44. The van der Waals surface area contributed by atoms with Crippen LogP contribution in [0.1, 0.15) is 21.5 Å². The highest BCUT2D eigenvalue weighted by Crippen LogP contribution is 2.34. The van der Waals surface area contributed by atoms with Crippen molar-refractivity contribution < 1.29 is 13.9 Å². The zero-order valence-electron chi connectivity index (χ0n) is 9.91. The van der Waals surface area contributed by atoms with Crippen LogP contribution in [-0.4, -0.2) is 12.4 Å². The van der Waals surface area contributed by atoms with Crippen molar-refractivity contribution in [3.63, 3.8) is 0 Å². The molecule has 0 unspecified atom stereocenters. The normalized spacial score (nSPS) is 13.2. The first-order valence-electron chi connectivity index (χ1n) is 5.85. The summed E-state index contributed by atoms with van der Waals surface area (Å²) in [6.07, 6.45) is 2.57. The lowest BCUT2D eigenvalue weighted by Gasteiger charge is -2.08. The van der Waals surface area contributed by atoms with Gasteiger partial charge >= 0.3 is 0 Å². The van der Waals surface area contributed by atoms with Gasteiger partial charge in [-0.3, -0.25) is 4.79 Å². The standard InChI is InChI=1S/C14H10BrClO3/c15-14-11(2-4-19-14)12(17)7-9-6-10(16)5-8-1-3-18-13(8)9/h2,4-6H,1,3,7H2. The third kappa shape index (κ3) is 2.42. The zero-order chi connectivity index (χ0) is 13.4. The number of Topliss-reactive ketones (excluding diaryl/α,β-unsaturated/α-hetero) is 1. The number of benzene rings is 1. The summed E-state index contributed by atoms with van der Waals surface area (Å²) in [5, 5.41) is 0.637. The van der Waals surface area contributed by atoms with Crippen LogP contribution < -0.4 is 4.74 Å². The first-order valence-corrected chi connectivity index (χ1v) is 7.02. The third-order valence-corrected chi connectivity index (χ3v) is 3.93. The predicted molar refractivity (Wildman–Crippen MR) is 75.1 cm³/mol. The topological polar surface area (TPSA) is 39.4 Å². The van der Waals surface area contributed by atoms with Crippen molar-refractivity contribution >= 4 is 33.3 Å². The summed E-state index contributed by atoms with van der Waals surface area (Å²) in [7, 11) is 0. The molecular weight excluding hydrogens is 332 g/mol. The Morgan fingerprint density at radius 2 is 2.26 bits per heavy atom. The summed E-state index contributed by atoms with van der Waals surface area (Å²) in [6.45, 7) is 0.645. The van der Waals surface area contributed by atoms with E-state index >= 15 is 0 Å². The van der Waals surface area contributed by atoms with Gasteiger partial charge in [0.05, 0.1) is 18.4 Å². The summed E-state index contributed by atoms with van der Waals surface area (Å²) >= 11 is 9.29. The molecule has 3 nitrogen and oxygen atoms in total. The Kier molecular flexibility index (Phi) is 3.37. The molecule has 0 spiro atoms. The molecule has 0 saturated carbocycles. The van der Waals surface area contributed by atoms with Gasteiger partial charge in [-0.25, -0.2) is 0 Å². The Balaban J connectivity index is 1.92. The number of hydrogen-bond acceptors (Lipinski definition) is 3. The molecule has 1 aromatic heterocycles. The van der Waals surface area contributed by atoms with Gasteiger partial charge < -0.3 is 9.15 Å². The largest absolute Gasteiger partial charge is 0.493 e. The maximum absolute atomic E-state index is 12.2. The van der Waals surface area contributed by atoms with E-state index in [1.54, 1.807) is 12.1 Å². The van der Waals surface area contributed by atoms with E-state index in [1.807, 2.05) is 6.07 Å². The van der Waals surface area contributed by atoms with E-state index in [0.717, 1.165) is 23.3 Å². The average Bonchev–Trinajstić information content (AvgIpc) is 2.97. The van der Waals surface area contributed by atoms with Crippen LogP contribution in [0.25, 0.3) is 0 Å². The molecule has 0 radical (unpaired) electrons. The zero-order valence-corrected chi connectivity index (χ0v) is 12.3. The molecule has 1 aliphatic rings. The number of ether oxygens (including phenoxy) is 1. The van der Waals surface area contributed by atoms with Crippen LogP contribution in [0.3, 0.4) is 0 Å². The summed E-state index contributed by atoms with van der Waals surface area (Å²) < 4.78 is 11.1. The highest BCUT2D eigenvalue weighted by molar-refractivity contribution is 9.10. The van der Waals surface area contributed by atoms with E-state index in [-0.39, 0.29) is 12.2 Å². The molecular formula is C14H10BrClO3. The van der Waals surface area contributed by atoms with E-state index in [2.05, 4.69) is 15.9 Å². The Hall–Kier alpha value is -1.26. The second-order valence-corrected chi connectivity index (χ2v) is 5.52. The molecule has 1 aromatic carbocycles. The molecule has 3 rings (SSSR count). The summed E-state index contributed by atoms with van der Waals surface area (Å²) in [5.74, 6) is 0.776. The molecule has 98 valence electrons. The van der Waals surface area contributed by atoms with E-state index < -0.39 is 0 Å². The highest BCUT2D eigenvalue weighted by Gasteiger charge is 2.21. The first kappa shape index (κ1) is 12.8. The van der Waals surface area contributed by atoms with Crippen molar-refractivity contribution in [3.05, 3.63) is 50.8 Å². The first-order chi connectivity index (χ1) is 9.15. The molecule has 0 aliphatic carbocycles. The van der Waals surface area contributed by atoms with Gasteiger partial charge in [-0.15, -0.1) is 0 Å². The van der Waals surface area contributed by atoms with Crippen molar-refractivity contribution in [3.8, 4) is 5.75 Å². The number of fused-ring (bicyclic) bond motifs is 1. The quantitative estimate of drug-likeness (QED) is 0.791. The molecule has 0 bridgehead atoms. The minimum Gasteiger partial charge on any atom is -0.493 e. The van der Waals surface area contributed by atoms with Gasteiger partial charge in [-0.2, -0.15) is 0 Å². The molecule has 2 aromatic rings. The van der Waals surface area contributed by atoms with Crippen LogP contribution >= 0.6 is 27.5 Å². The molecule has 2 heterocycles. The average molecular weight is 342 g/mol. The number of ketones is 1. The fourth-order valence-corrected chi connectivity index (χ4v) is 2.96. The van der Waals surface area contributed by atoms with Gasteiger partial charge in [0.25, 0.3) is 0 Å². The minimum absolute atomic E-state index is 0.0272. The van der Waals surface area contributed by atoms with E-state index in [4.69, 9.17) is 20.8 Å². The second-order valence-electron chi connectivity index (χ2n) is 4.36. The van der Waals surface area contributed by atoms with E-state index in [1.165, 1.54) is 6.26 Å². The molecule has 0 atom stereocenters. The van der Waals surface area contributed by atoms with Crippen molar-refractivity contribution in [1.82, 2.24) is 0 Å². The van der Waals surface area contributed by atoms with Crippen LogP contribution in [-0.2, 0) is 12.8 Å². The van der Waals surface area contributed by atoms with Gasteiger partial charge in [0.15, 0.2) is 10.5 Å². The summed E-state index contributed by atoms with van der Waals surface area (Å²) in [6, 6.07) is 5.33. The van der Waals surface area contributed by atoms with Gasteiger partial charge in [0, 0.05) is 23.4 Å². The minimum atomic E-state index is -0.0272. The number of furan rings is 1. The predicted octanol–water partition coefficient (Wildman–Crippen LogP) is 4.06. The molecule has 0 saturated heterocycles. The molecule has 0 fully saturated rings. The molecule has 5 heteroatoms. The van der Waals surface area contributed by atoms with Crippen molar-refractivity contribution in [2.75, 3.05) is 6.61 Å². The van der Waals surface area contributed by atoms with Gasteiger partial charge in [-0.1, -0.05) is 11.6 Å². The van der Waals surface area contributed by atoms with Crippen LogP contribution in [0, 0.1) is 0 Å². The lowest BCUT2D eigenvalue weighted by molar-refractivity contribution is 0.0990. The van der Waals surface area contributed by atoms with Crippen LogP contribution in [0.2, 0.25) is 5.02 Å². The monoisotopic (exact) mass is 340 g/mol. The number of rotatable bonds is 3. The Labute approximate surface area is 123 Å². The fraction of sp³-hybridized carbons (Fsp3) is 0.214. The third-order valence-electron chi connectivity index (χ3n) is 3.09. The second kappa shape index (κ2) is 5.02. The molecule has 0 N–H and O–H groups in total. The van der Waals surface area contributed by atoms with Crippen LogP contribution in [0.15, 0.2) is 33.5 Å². The van der Waals surface area contributed by atoms with Crippen LogP contribution in [0.4, 0.5) is 0 Å². The number of carbonyl (C=O) groups excluding carboxylic acids is 1. The summed E-state index contributed by atoms with van der Waals surface area (Å²) in [4.78, 5) is 12.2. The van der Waals surface area contributed by atoms with Crippen molar-refractivity contribution in [2.45, 2.75) is 12.8 Å². The molecule has 19 heavy (non-hydrogen) atoms. The SMILES string of the molecule is O=C(Cc1cc(Cl)cc2c1OCC2)c1ccoc1Br. The maximum atomic E-state index is 12.2. The van der Waals surface area contributed by atoms with E-state index in [0.29, 0.717) is 21.9 Å². The van der Waals surface area contributed by atoms with Gasteiger partial charge in [-0.05, 0) is 39.7 Å². The number of halogens is 2. The fourth-order valence-electron chi connectivity index (χ4n) is 2.24. The number of hydrogen-bond donors (Lipinski definition) is 0. The Bertz CT molecular complexity index is 648. The lowest BCUT2D eigenvalue weighted by atomic mass is 10.0. The van der Waals surface area contributed by atoms with Gasteiger partial charge in [0.1, 0.15) is 5.75 Å². The lowest BCUT2D eigenvalue weighted by Crippen LogP contribution is -2.04.